The molecule has 0 aliphatic carbocycles. The molecule has 17 heavy (non-hydrogen) atoms. The molecule has 0 unspecified atom stereocenters. The van der Waals surface area contributed by atoms with Gasteiger partial charge >= 0.3 is 0 Å². The van der Waals surface area contributed by atoms with Crippen molar-refractivity contribution in [2.24, 2.45) is 0 Å². The maximum absolute atomic E-state index is 13.2. The van der Waals surface area contributed by atoms with Gasteiger partial charge in [-0.3, -0.25) is 0 Å². The van der Waals surface area contributed by atoms with E-state index in [1.807, 2.05) is 6.92 Å². The van der Waals surface area contributed by atoms with E-state index in [0.717, 1.165) is 38.9 Å². The van der Waals surface area contributed by atoms with Crippen LogP contribution in [0, 0.1) is 5.82 Å². The number of unbranched alkanes of at least 4 members (excludes halogenated alkanes) is 3. The van der Waals surface area contributed by atoms with Gasteiger partial charge < -0.3 is 9.47 Å². The monoisotopic (exact) mass is 240 g/mol. The molecular formula is C14H21FO2. The van der Waals surface area contributed by atoms with E-state index < -0.39 is 0 Å². The van der Waals surface area contributed by atoms with E-state index >= 15 is 0 Å². The van der Waals surface area contributed by atoms with Crippen LogP contribution >= 0.6 is 0 Å². The lowest BCUT2D eigenvalue weighted by Gasteiger charge is -2.06. The molecule has 2 nitrogen and oxygen atoms in total. The smallest absolute Gasteiger partial charge is 0.165 e. The maximum Gasteiger partial charge on any atom is 0.165 e. The summed E-state index contributed by atoms with van der Waals surface area (Å²) in [5, 5.41) is 0. The summed E-state index contributed by atoms with van der Waals surface area (Å²) in [5.74, 6) is 0.0608. The van der Waals surface area contributed by atoms with Crippen molar-refractivity contribution >= 4 is 0 Å². The Hall–Kier alpha value is -1.09. The Morgan fingerprint density at radius 1 is 1.00 bits per heavy atom. The summed E-state index contributed by atoms with van der Waals surface area (Å²) in [6.07, 6.45) is 4.29. The molecule has 96 valence electrons. The predicted molar refractivity (Wildman–Crippen MR) is 66.9 cm³/mol. The number of para-hydroxylation sites is 1. The Balaban J connectivity index is 1.99. The third-order valence-electron chi connectivity index (χ3n) is 2.48. The van der Waals surface area contributed by atoms with Crippen LogP contribution in [-0.4, -0.2) is 19.8 Å². The minimum atomic E-state index is -0.288. The molecule has 0 N–H and O–H groups in total. The van der Waals surface area contributed by atoms with E-state index in [1.165, 1.54) is 6.07 Å². The summed E-state index contributed by atoms with van der Waals surface area (Å²) in [6.45, 7) is 4.21. The van der Waals surface area contributed by atoms with Crippen LogP contribution in [0.25, 0.3) is 0 Å². The number of ether oxygens (including phenoxy) is 2. The van der Waals surface area contributed by atoms with Crippen molar-refractivity contribution in [2.75, 3.05) is 19.8 Å². The minimum Gasteiger partial charge on any atom is -0.491 e. The second-order valence-electron chi connectivity index (χ2n) is 3.89. The lowest BCUT2D eigenvalue weighted by Crippen LogP contribution is -1.99. The molecule has 0 atom stereocenters. The van der Waals surface area contributed by atoms with Crippen LogP contribution in [0.3, 0.4) is 0 Å². The molecule has 0 radical (unpaired) electrons. The highest BCUT2D eigenvalue weighted by atomic mass is 19.1. The van der Waals surface area contributed by atoms with Gasteiger partial charge in [-0.25, -0.2) is 4.39 Å². The van der Waals surface area contributed by atoms with Crippen LogP contribution in [0.2, 0.25) is 0 Å². The second-order valence-corrected chi connectivity index (χ2v) is 3.89. The van der Waals surface area contributed by atoms with E-state index in [2.05, 4.69) is 0 Å². The van der Waals surface area contributed by atoms with E-state index in [9.17, 15) is 4.39 Å². The fourth-order valence-electron chi connectivity index (χ4n) is 1.55. The zero-order valence-electron chi connectivity index (χ0n) is 10.5. The van der Waals surface area contributed by atoms with Crippen LogP contribution < -0.4 is 4.74 Å². The molecule has 0 aliphatic rings. The molecule has 0 heterocycles. The topological polar surface area (TPSA) is 18.5 Å². The number of rotatable bonds is 9. The van der Waals surface area contributed by atoms with Gasteiger partial charge in [0.1, 0.15) is 0 Å². The molecule has 3 heteroatoms. The summed E-state index contributed by atoms with van der Waals surface area (Å²) in [5.41, 5.74) is 0. The van der Waals surface area contributed by atoms with Gasteiger partial charge in [0.05, 0.1) is 6.61 Å². The summed E-state index contributed by atoms with van der Waals surface area (Å²) in [6, 6.07) is 6.51. The quantitative estimate of drug-likeness (QED) is 0.611. The average Bonchev–Trinajstić information content (AvgIpc) is 2.35. The van der Waals surface area contributed by atoms with Gasteiger partial charge in [-0.05, 0) is 38.3 Å². The zero-order chi connectivity index (χ0) is 12.3. The first-order chi connectivity index (χ1) is 8.34. The van der Waals surface area contributed by atoms with Crippen LogP contribution in [0.4, 0.5) is 4.39 Å². The summed E-state index contributed by atoms with van der Waals surface area (Å²) >= 11 is 0. The van der Waals surface area contributed by atoms with Crippen LogP contribution in [0.5, 0.6) is 5.75 Å². The molecule has 0 aliphatic heterocycles. The highest BCUT2D eigenvalue weighted by Gasteiger charge is 2.00. The molecule has 0 spiro atoms. The minimum absolute atomic E-state index is 0.288. The van der Waals surface area contributed by atoms with Crippen LogP contribution in [-0.2, 0) is 4.74 Å². The number of hydrogen-bond acceptors (Lipinski definition) is 2. The first kappa shape index (κ1) is 14.0. The van der Waals surface area contributed by atoms with Gasteiger partial charge in [-0.1, -0.05) is 18.6 Å². The van der Waals surface area contributed by atoms with Crippen molar-refractivity contribution in [3.8, 4) is 5.75 Å². The Morgan fingerprint density at radius 2 is 1.71 bits per heavy atom. The molecule has 1 rings (SSSR count). The van der Waals surface area contributed by atoms with Gasteiger partial charge in [-0.15, -0.1) is 0 Å². The lowest BCUT2D eigenvalue weighted by molar-refractivity contribution is 0.142. The highest BCUT2D eigenvalue weighted by molar-refractivity contribution is 5.23. The predicted octanol–water partition coefficient (Wildman–Crippen LogP) is 3.80. The lowest BCUT2D eigenvalue weighted by atomic mass is 10.2. The van der Waals surface area contributed by atoms with Crippen molar-refractivity contribution in [3.63, 3.8) is 0 Å². The number of benzene rings is 1. The Labute approximate surface area is 103 Å². The van der Waals surface area contributed by atoms with Crippen LogP contribution in [0.1, 0.15) is 32.6 Å². The molecule has 1 aromatic rings. The molecule has 1 aromatic carbocycles. The Bertz CT molecular complexity index is 302. The molecule has 0 amide bonds. The fourth-order valence-corrected chi connectivity index (χ4v) is 1.55. The van der Waals surface area contributed by atoms with Crippen LogP contribution in [0.15, 0.2) is 24.3 Å². The van der Waals surface area contributed by atoms with Gasteiger partial charge in [0.15, 0.2) is 11.6 Å². The SMILES string of the molecule is CCOCCCCCCOc1ccccc1F. The largest absolute Gasteiger partial charge is 0.491 e. The van der Waals surface area contributed by atoms with Crippen molar-refractivity contribution in [1.29, 1.82) is 0 Å². The first-order valence-electron chi connectivity index (χ1n) is 6.29. The average molecular weight is 240 g/mol. The summed E-state index contributed by atoms with van der Waals surface area (Å²) < 4.78 is 23.8. The molecular weight excluding hydrogens is 219 g/mol. The molecule has 0 saturated carbocycles. The molecule has 0 saturated heterocycles. The van der Waals surface area contributed by atoms with E-state index in [-0.39, 0.29) is 5.82 Å². The van der Waals surface area contributed by atoms with Crippen molar-refractivity contribution in [3.05, 3.63) is 30.1 Å². The Morgan fingerprint density at radius 3 is 2.41 bits per heavy atom. The van der Waals surface area contributed by atoms with Gasteiger partial charge in [-0.2, -0.15) is 0 Å². The number of halogens is 1. The summed E-state index contributed by atoms with van der Waals surface area (Å²) in [7, 11) is 0. The third kappa shape index (κ3) is 6.27. The second kappa shape index (κ2) is 8.99. The van der Waals surface area contributed by atoms with Gasteiger partial charge in [0.2, 0.25) is 0 Å². The molecule has 0 fully saturated rings. The zero-order valence-corrected chi connectivity index (χ0v) is 10.5. The van der Waals surface area contributed by atoms with E-state index in [0.29, 0.717) is 12.4 Å². The van der Waals surface area contributed by atoms with E-state index in [1.54, 1.807) is 18.2 Å². The first-order valence-corrected chi connectivity index (χ1v) is 6.29. The number of hydrogen-bond donors (Lipinski definition) is 0. The molecule has 0 aromatic heterocycles. The van der Waals surface area contributed by atoms with Gasteiger partial charge in [0.25, 0.3) is 0 Å². The maximum atomic E-state index is 13.2. The van der Waals surface area contributed by atoms with Crippen molar-refractivity contribution in [2.45, 2.75) is 32.6 Å². The third-order valence-corrected chi connectivity index (χ3v) is 2.48. The summed E-state index contributed by atoms with van der Waals surface area (Å²) in [4.78, 5) is 0. The van der Waals surface area contributed by atoms with Gasteiger partial charge in [0, 0.05) is 13.2 Å². The highest BCUT2D eigenvalue weighted by Crippen LogP contribution is 2.15. The van der Waals surface area contributed by atoms with Crippen molar-refractivity contribution < 1.29 is 13.9 Å². The fraction of sp³-hybridized carbons (Fsp3) is 0.571. The van der Waals surface area contributed by atoms with Crippen molar-refractivity contribution in [1.82, 2.24) is 0 Å². The Kier molecular flexibility index (Phi) is 7.39. The van der Waals surface area contributed by atoms with E-state index in [4.69, 9.17) is 9.47 Å². The molecule has 0 bridgehead atoms. The standard InChI is InChI=1S/C14H21FO2/c1-2-16-11-7-3-4-8-12-17-14-10-6-5-9-13(14)15/h5-6,9-10H,2-4,7-8,11-12H2,1H3. The normalized spacial score (nSPS) is 10.5.